The number of alkyl halides is 2. The van der Waals surface area contributed by atoms with Crippen molar-refractivity contribution >= 4 is 22.1 Å². The molecule has 114 valence electrons. The van der Waals surface area contributed by atoms with Gasteiger partial charge in [-0.2, -0.15) is 5.14 Å². The Bertz CT molecular complexity index is 611. The van der Waals surface area contributed by atoms with Crippen LogP contribution in [0.25, 0.3) is 10.8 Å². The Kier molecular flexibility index (Phi) is 4.86. The second-order valence-electron chi connectivity index (χ2n) is 5.77. The standard InChI is InChI=1S/C16H19F2NOS/c1-16(2,21(19)20)10-14(15(17)18)13-9-5-7-11-6-3-4-8-12(11)13/h3-9,14-15H,10,19H2,1-2H3. The van der Waals surface area contributed by atoms with Gasteiger partial charge in [0.25, 0.3) is 0 Å². The van der Waals surface area contributed by atoms with Crippen molar-refractivity contribution in [3.63, 3.8) is 0 Å². The lowest BCUT2D eigenvalue weighted by atomic mass is 9.87. The Morgan fingerprint density at radius 2 is 1.76 bits per heavy atom. The summed E-state index contributed by atoms with van der Waals surface area (Å²) in [5.41, 5.74) is 0.585. The van der Waals surface area contributed by atoms with Gasteiger partial charge in [0.05, 0.1) is 5.92 Å². The molecule has 0 aromatic heterocycles. The van der Waals surface area contributed by atoms with Crippen LogP contribution < -0.4 is 5.14 Å². The predicted octanol–water partition coefficient (Wildman–Crippen LogP) is 3.98. The highest BCUT2D eigenvalue weighted by atomic mass is 32.2. The molecule has 5 heteroatoms. The quantitative estimate of drug-likeness (QED) is 0.849. The van der Waals surface area contributed by atoms with E-state index in [1.54, 1.807) is 26.0 Å². The molecule has 2 aromatic carbocycles. The molecule has 21 heavy (non-hydrogen) atoms. The van der Waals surface area contributed by atoms with Gasteiger partial charge in [-0.1, -0.05) is 42.5 Å². The maximum Gasteiger partial charge on any atom is 0.245 e. The van der Waals surface area contributed by atoms with E-state index >= 15 is 0 Å². The second-order valence-corrected chi connectivity index (χ2v) is 7.47. The average Bonchev–Trinajstić information content (AvgIpc) is 2.44. The van der Waals surface area contributed by atoms with Gasteiger partial charge in [0.1, 0.15) is 4.75 Å². The molecule has 2 aromatic rings. The first-order chi connectivity index (χ1) is 9.83. The van der Waals surface area contributed by atoms with Gasteiger partial charge in [-0.25, -0.2) is 8.78 Å². The molecule has 0 saturated heterocycles. The van der Waals surface area contributed by atoms with Crippen LogP contribution >= 0.6 is 0 Å². The maximum absolute atomic E-state index is 13.6. The minimum atomic E-state index is -2.53. The van der Waals surface area contributed by atoms with Crippen molar-refractivity contribution in [2.24, 2.45) is 5.14 Å². The van der Waals surface area contributed by atoms with Crippen LogP contribution in [0.2, 0.25) is 0 Å². The Morgan fingerprint density at radius 3 is 2.38 bits per heavy atom. The van der Waals surface area contributed by atoms with Crippen LogP contribution in [0.5, 0.6) is 0 Å². The zero-order chi connectivity index (χ0) is 15.6. The minimum absolute atomic E-state index is 0.0712. The van der Waals surface area contributed by atoms with Crippen molar-refractivity contribution < 1.29 is 13.3 Å². The van der Waals surface area contributed by atoms with Gasteiger partial charge in [0.2, 0.25) is 6.43 Å². The van der Waals surface area contributed by atoms with Crippen LogP contribution in [0.15, 0.2) is 42.5 Å². The third kappa shape index (κ3) is 3.54. The van der Waals surface area contributed by atoms with E-state index in [-0.39, 0.29) is 6.42 Å². The Balaban J connectivity index is 2.47. The number of fused-ring (bicyclic) bond motifs is 1. The van der Waals surface area contributed by atoms with E-state index in [4.69, 9.17) is 5.14 Å². The monoisotopic (exact) mass is 311 g/mol. The van der Waals surface area contributed by atoms with Gasteiger partial charge in [0.15, 0.2) is 0 Å². The number of hydrogen-bond acceptors (Lipinski definition) is 2. The molecule has 2 nitrogen and oxygen atoms in total. The summed E-state index contributed by atoms with van der Waals surface area (Å²) in [6.45, 7) is 3.31. The Labute approximate surface area is 126 Å². The summed E-state index contributed by atoms with van der Waals surface area (Å²) < 4.78 is 37.8. The zero-order valence-corrected chi connectivity index (χ0v) is 12.9. The van der Waals surface area contributed by atoms with Crippen molar-refractivity contribution in [1.82, 2.24) is 0 Å². The molecule has 2 atom stereocenters. The van der Waals surface area contributed by atoms with E-state index in [9.17, 15) is 13.3 Å². The van der Waals surface area contributed by atoms with E-state index in [0.29, 0.717) is 5.56 Å². The number of halogens is 2. The van der Waals surface area contributed by atoms with Crippen LogP contribution in [-0.2, 0) is 11.4 Å². The highest BCUT2D eigenvalue weighted by Crippen LogP contribution is 2.37. The summed E-state index contributed by atoms with van der Waals surface area (Å²) >= 11 is -1.65. The zero-order valence-electron chi connectivity index (χ0n) is 12.1. The predicted molar refractivity (Wildman–Crippen MR) is 83.7 cm³/mol. The molecule has 2 N–H and O–H groups in total. The lowest BCUT2D eigenvalue weighted by molar-refractivity contribution is 0.106. The lowest BCUT2D eigenvalue weighted by Gasteiger charge is -2.29. The summed E-state index contributed by atoms with van der Waals surface area (Å²) in [6, 6.07) is 12.8. The number of benzene rings is 2. The molecule has 2 rings (SSSR count). The number of hydrogen-bond donors (Lipinski definition) is 1. The van der Waals surface area contributed by atoms with E-state index < -0.39 is 28.5 Å². The highest BCUT2D eigenvalue weighted by molar-refractivity contribution is 7.90. The fourth-order valence-corrected chi connectivity index (χ4v) is 2.86. The third-order valence-corrected chi connectivity index (χ3v) is 5.04. The van der Waals surface area contributed by atoms with E-state index in [0.717, 1.165) is 10.8 Å². The normalized spacial score (nSPS) is 15.4. The van der Waals surface area contributed by atoms with Crippen LogP contribution in [0.3, 0.4) is 0 Å². The summed E-state index contributed by atoms with van der Waals surface area (Å²) in [7, 11) is 0. The molecule has 0 aliphatic heterocycles. The van der Waals surface area contributed by atoms with Crippen molar-refractivity contribution in [3.8, 4) is 0 Å². The fraction of sp³-hybridized carbons (Fsp3) is 0.375. The number of rotatable bonds is 5. The van der Waals surface area contributed by atoms with Crippen molar-refractivity contribution in [3.05, 3.63) is 48.0 Å². The SMILES string of the molecule is CC(C)(CC(c1cccc2ccccc12)C(F)F)[S+](N)[O-]. The van der Waals surface area contributed by atoms with Crippen LogP contribution in [-0.4, -0.2) is 15.7 Å². The molecular formula is C16H19F2NOS. The first kappa shape index (κ1) is 16.2. The first-order valence-electron chi connectivity index (χ1n) is 6.75. The smallest absolute Gasteiger partial charge is 0.245 e. The van der Waals surface area contributed by atoms with Gasteiger partial charge in [-0.05, 0) is 30.2 Å². The third-order valence-electron chi connectivity index (χ3n) is 3.78. The van der Waals surface area contributed by atoms with Gasteiger partial charge in [-0.3, -0.25) is 0 Å². The van der Waals surface area contributed by atoms with E-state index in [2.05, 4.69) is 0 Å². The van der Waals surface area contributed by atoms with E-state index in [1.807, 2.05) is 30.3 Å². The van der Waals surface area contributed by atoms with Crippen molar-refractivity contribution in [2.45, 2.75) is 37.4 Å². The van der Waals surface area contributed by atoms with Crippen LogP contribution in [0.1, 0.15) is 31.7 Å². The molecule has 0 radical (unpaired) electrons. The molecule has 0 heterocycles. The largest absolute Gasteiger partial charge is 0.598 e. The summed E-state index contributed by atoms with van der Waals surface area (Å²) in [5, 5.41) is 7.17. The Hall–Kier alpha value is -1.17. The number of nitrogens with two attached hydrogens (primary N) is 1. The molecule has 0 amide bonds. The molecule has 0 aliphatic carbocycles. The van der Waals surface area contributed by atoms with Gasteiger partial charge in [0, 0.05) is 17.8 Å². The molecule has 0 spiro atoms. The first-order valence-corrected chi connectivity index (χ1v) is 7.96. The summed E-state index contributed by atoms with van der Waals surface area (Å²) in [5.74, 6) is -0.987. The maximum atomic E-state index is 13.6. The van der Waals surface area contributed by atoms with Gasteiger partial charge >= 0.3 is 0 Å². The molecule has 2 unspecified atom stereocenters. The van der Waals surface area contributed by atoms with Crippen molar-refractivity contribution in [2.75, 3.05) is 0 Å². The highest BCUT2D eigenvalue weighted by Gasteiger charge is 2.37. The van der Waals surface area contributed by atoms with Gasteiger partial charge in [-0.15, -0.1) is 0 Å². The summed E-state index contributed by atoms with van der Waals surface area (Å²) in [4.78, 5) is 0. The molecule has 0 fully saturated rings. The second kappa shape index (κ2) is 6.30. The lowest BCUT2D eigenvalue weighted by Crippen LogP contribution is -2.40. The average molecular weight is 311 g/mol. The van der Waals surface area contributed by atoms with Crippen LogP contribution in [0, 0.1) is 0 Å². The Morgan fingerprint density at radius 1 is 1.14 bits per heavy atom. The van der Waals surface area contributed by atoms with E-state index in [1.165, 1.54) is 0 Å². The van der Waals surface area contributed by atoms with Gasteiger partial charge < -0.3 is 4.55 Å². The van der Waals surface area contributed by atoms with Crippen molar-refractivity contribution in [1.29, 1.82) is 0 Å². The topological polar surface area (TPSA) is 49.1 Å². The molecular weight excluding hydrogens is 292 g/mol. The van der Waals surface area contributed by atoms with Crippen LogP contribution in [0.4, 0.5) is 8.78 Å². The molecule has 0 saturated carbocycles. The minimum Gasteiger partial charge on any atom is -0.598 e. The molecule has 0 aliphatic rings. The summed E-state index contributed by atoms with van der Waals surface area (Å²) in [6.07, 6.45) is -2.46. The molecule has 0 bridgehead atoms. The fourth-order valence-electron chi connectivity index (χ4n) is 2.52.